The SMILES string of the molecule is C[C@@H](C(=O)OCC(=O)Nc1ccccc1Cl)N1C(=O)[C@@H]2CC=CC[C@H]2C1=O. The van der Waals surface area contributed by atoms with Gasteiger partial charge in [0.05, 0.1) is 22.5 Å². The van der Waals surface area contributed by atoms with Gasteiger partial charge in [0, 0.05) is 0 Å². The monoisotopic (exact) mass is 390 g/mol. The summed E-state index contributed by atoms with van der Waals surface area (Å²) in [6.07, 6.45) is 4.73. The number of nitrogens with zero attached hydrogens (tertiary/aromatic N) is 1. The second kappa shape index (κ2) is 7.92. The minimum absolute atomic E-state index is 0.356. The van der Waals surface area contributed by atoms with Gasteiger partial charge in [0.15, 0.2) is 6.61 Å². The van der Waals surface area contributed by atoms with Crippen molar-refractivity contribution in [3.63, 3.8) is 0 Å². The fraction of sp³-hybridized carbons (Fsp3) is 0.368. The fourth-order valence-corrected chi connectivity index (χ4v) is 3.50. The lowest BCUT2D eigenvalue weighted by atomic mass is 9.85. The van der Waals surface area contributed by atoms with Gasteiger partial charge < -0.3 is 10.1 Å². The number of nitrogens with one attached hydrogen (secondary N) is 1. The molecule has 0 bridgehead atoms. The summed E-state index contributed by atoms with van der Waals surface area (Å²) in [7, 11) is 0. The molecule has 0 saturated carbocycles. The first kappa shape index (κ1) is 19.1. The standard InChI is InChI=1S/C19H19ClN2O5/c1-11(22-17(24)12-6-2-3-7-13(12)18(22)25)19(26)27-10-16(23)21-15-9-5-4-8-14(15)20/h2-5,8-9,11-13H,6-7,10H2,1H3,(H,21,23)/t11-,12+,13+/m0/s1. The predicted octanol–water partition coefficient (Wildman–Crippen LogP) is 2.16. The number of likely N-dealkylation sites (tertiary alicyclic amines) is 1. The van der Waals surface area contributed by atoms with Crippen molar-refractivity contribution >= 4 is 41.0 Å². The van der Waals surface area contributed by atoms with Crippen molar-refractivity contribution in [3.05, 3.63) is 41.4 Å². The molecule has 1 aliphatic heterocycles. The van der Waals surface area contributed by atoms with E-state index >= 15 is 0 Å². The molecule has 3 amide bonds. The Labute approximate surface area is 161 Å². The molecule has 8 heteroatoms. The van der Waals surface area contributed by atoms with Crippen LogP contribution in [-0.2, 0) is 23.9 Å². The summed E-state index contributed by atoms with van der Waals surface area (Å²) in [6, 6.07) is 5.57. The Morgan fingerprint density at radius 3 is 2.37 bits per heavy atom. The molecule has 7 nitrogen and oxygen atoms in total. The van der Waals surface area contributed by atoms with Crippen LogP contribution in [0.4, 0.5) is 5.69 Å². The number of ether oxygens (including phenoxy) is 1. The highest BCUT2D eigenvalue weighted by molar-refractivity contribution is 6.33. The lowest BCUT2D eigenvalue weighted by Crippen LogP contribution is -2.45. The molecule has 2 aliphatic rings. The van der Waals surface area contributed by atoms with E-state index in [1.165, 1.54) is 6.92 Å². The van der Waals surface area contributed by atoms with E-state index in [1.807, 2.05) is 12.2 Å². The van der Waals surface area contributed by atoms with Gasteiger partial charge in [0.25, 0.3) is 5.91 Å². The van der Waals surface area contributed by atoms with Crippen molar-refractivity contribution in [1.82, 2.24) is 4.90 Å². The maximum absolute atomic E-state index is 12.5. The number of anilines is 1. The maximum Gasteiger partial charge on any atom is 0.329 e. The number of esters is 1. The van der Waals surface area contributed by atoms with Crippen molar-refractivity contribution < 1.29 is 23.9 Å². The number of amides is 3. The van der Waals surface area contributed by atoms with Crippen LogP contribution in [0.1, 0.15) is 19.8 Å². The van der Waals surface area contributed by atoms with Crippen molar-refractivity contribution in [3.8, 4) is 0 Å². The van der Waals surface area contributed by atoms with Crippen LogP contribution in [0.5, 0.6) is 0 Å². The molecule has 27 heavy (non-hydrogen) atoms. The molecular weight excluding hydrogens is 372 g/mol. The first-order valence-electron chi connectivity index (χ1n) is 8.63. The third-order valence-electron chi connectivity index (χ3n) is 4.76. The average Bonchev–Trinajstić information content (AvgIpc) is 2.92. The van der Waals surface area contributed by atoms with E-state index in [-0.39, 0.29) is 11.8 Å². The molecule has 0 radical (unpaired) electrons. The molecular formula is C19H19ClN2O5. The van der Waals surface area contributed by atoms with Crippen LogP contribution in [0.2, 0.25) is 5.02 Å². The third-order valence-corrected chi connectivity index (χ3v) is 5.09. The topological polar surface area (TPSA) is 92.8 Å². The maximum atomic E-state index is 12.5. The Hall–Kier alpha value is -2.67. The van der Waals surface area contributed by atoms with Gasteiger partial charge >= 0.3 is 5.97 Å². The summed E-state index contributed by atoms with van der Waals surface area (Å²) in [5.74, 6) is -2.93. The van der Waals surface area contributed by atoms with E-state index in [4.69, 9.17) is 16.3 Å². The summed E-state index contributed by atoms with van der Waals surface area (Å²) >= 11 is 5.95. The Kier molecular flexibility index (Phi) is 5.60. The van der Waals surface area contributed by atoms with Crippen molar-refractivity contribution in [2.45, 2.75) is 25.8 Å². The molecule has 1 heterocycles. The normalized spacial score (nSPS) is 22.4. The first-order chi connectivity index (χ1) is 12.9. The second-order valence-electron chi connectivity index (χ2n) is 6.51. The number of fused-ring (bicyclic) bond motifs is 1. The van der Waals surface area contributed by atoms with Crippen LogP contribution in [-0.4, -0.2) is 41.2 Å². The number of allylic oxidation sites excluding steroid dienone is 2. The lowest BCUT2D eigenvalue weighted by Gasteiger charge is -2.21. The smallest absolute Gasteiger partial charge is 0.329 e. The Bertz CT molecular complexity index is 796. The first-order valence-corrected chi connectivity index (χ1v) is 9.01. The molecule has 142 valence electrons. The summed E-state index contributed by atoms with van der Waals surface area (Å²) in [5.41, 5.74) is 0.398. The minimum Gasteiger partial charge on any atom is -0.454 e. The second-order valence-corrected chi connectivity index (χ2v) is 6.92. The van der Waals surface area contributed by atoms with Crippen LogP contribution < -0.4 is 5.32 Å². The minimum atomic E-state index is -1.08. The molecule has 3 rings (SSSR count). The molecule has 1 N–H and O–H groups in total. The van der Waals surface area contributed by atoms with Gasteiger partial charge in [0.1, 0.15) is 6.04 Å². The number of halogens is 1. The number of imide groups is 1. The van der Waals surface area contributed by atoms with Crippen LogP contribution in [0.3, 0.4) is 0 Å². The zero-order valence-electron chi connectivity index (χ0n) is 14.7. The largest absolute Gasteiger partial charge is 0.454 e. The Morgan fingerprint density at radius 2 is 1.78 bits per heavy atom. The summed E-state index contributed by atoms with van der Waals surface area (Å²) < 4.78 is 4.98. The van der Waals surface area contributed by atoms with Gasteiger partial charge in [-0.05, 0) is 31.9 Å². The average molecular weight is 391 g/mol. The molecule has 1 aromatic rings. The van der Waals surface area contributed by atoms with E-state index in [9.17, 15) is 19.2 Å². The highest BCUT2D eigenvalue weighted by Crippen LogP contribution is 2.36. The Balaban J connectivity index is 1.56. The van der Waals surface area contributed by atoms with Crippen LogP contribution in [0.25, 0.3) is 0 Å². The molecule has 1 aromatic carbocycles. The predicted molar refractivity (Wildman–Crippen MR) is 97.7 cm³/mol. The number of para-hydroxylation sites is 1. The van der Waals surface area contributed by atoms with Gasteiger partial charge in [-0.3, -0.25) is 19.3 Å². The summed E-state index contributed by atoms with van der Waals surface area (Å²) in [5, 5.41) is 2.88. The van der Waals surface area contributed by atoms with E-state index in [0.29, 0.717) is 23.6 Å². The van der Waals surface area contributed by atoms with E-state index < -0.39 is 36.4 Å². The van der Waals surface area contributed by atoms with Crippen molar-refractivity contribution in [2.24, 2.45) is 11.8 Å². The van der Waals surface area contributed by atoms with Crippen molar-refractivity contribution in [1.29, 1.82) is 0 Å². The number of rotatable bonds is 5. The van der Waals surface area contributed by atoms with E-state index in [2.05, 4.69) is 5.32 Å². The molecule has 1 saturated heterocycles. The molecule has 1 aliphatic carbocycles. The van der Waals surface area contributed by atoms with E-state index in [0.717, 1.165) is 4.90 Å². The molecule has 0 spiro atoms. The number of hydrogen-bond acceptors (Lipinski definition) is 5. The highest BCUT2D eigenvalue weighted by Gasteiger charge is 2.50. The number of carbonyl (C=O) groups is 4. The van der Waals surface area contributed by atoms with Gasteiger partial charge in [-0.2, -0.15) is 0 Å². The van der Waals surface area contributed by atoms with E-state index in [1.54, 1.807) is 24.3 Å². The molecule has 0 unspecified atom stereocenters. The van der Waals surface area contributed by atoms with Gasteiger partial charge in [-0.1, -0.05) is 35.9 Å². The van der Waals surface area contributed by atoms with Gasteiger partial charge in [-0.15, -0.1) is 0 Å². The number of carbonyl (C=O) groups excluding carboxylic acids is 4. The summed E-state index contributed by atoms with van der Waals surface area (Å²) in [4.78, 5) is 50.1. The van der Waals surface area contributed by atoms with Crippen LogP contribution >= 0.6 is 11.6 Å². The Morgan fingerprint density at radius 1 is 1.19 bits per heavy atom. The quantitative estimate of drug-likeness (QED) is 0.472. The number of benzene rings is 1. The van der Waals surface area contributed by atoms with Gasteiger partial charge in [-0.25, -0.2) is 4.79 Å². The third kappa shape index (κ3) is 3.88. The van der Waals surface area contributed by atoms with Crippen LogP contribution in [0, 0.1) is 11.8 Å². The zero-order chi connectivity index (χ0) is 19.6. The van der Waals surface area contributed by atoms with Crippen molar-refractivity contribution in [2.75, 3.05) is 11.9 Å². The molecule has 0 aromatic heterocycles. The number of hydrogen-bond donors (Lipinski definition) is 1. The van der Waals surface area contributed by atoms with Crippen LogP contribution in [0.15, 0.2) is 36.4 Å². The highest BCUT2D eigenvalue weighted by atomic mass is 35.5. The zero-order valence-corrected chi connectivity index (χ0v) is 15.4. The molecule has 1 fully saturated rings. The fourth-order valence-electron chi connectivity index (χ4n) is 3.32. The lowest BCUT2D eigenvalue weighted by molar-refractivity contribution is -0.159. The van der Waals surface area contributed by atoms with Gasteiger partial charge in [0.2, 0.25) is 11.8 Å². The summed E-state index contributed by atoms with van der Waals surface area (Å²) in [6.45, 7) is 0.883. The molecule has 3 atom stereocenters.